The Kier molecular flexibility index (Phi) is 4.52. The van der Waals surface area contributed by atoms with Gasteiger partial charge in [0.25, 0.3) is 0 Å². The van der Waals surface area contributed by atoms with Gasteiger partial charge < -0.3 is 10.6 Å². The molecular weight excluding hydrogens is 252 g/mol. The first kappa shape index (κ1) is 13.3. The molecule has 1 amide bonds. The largest absolute Gasteiger partial charge is 0.323 e. The molecule has 1 saturated heterocycles. The molecule has 5 nitrogen and oxygen atoms in total. The average Bonchev–Trinajstić information content (AvgIpc) is 2.34. The smallest absolute Gasteiger partial charge is 0.238 e. The zero-order valence-corrected chi connectivity index (χ0v) is 11.1. The van der Waals surface area contributed by atoms with Crippen molar-refractivity contribution in [2.75, 3.05) is 38.0 Å². The van der Waals surface area contributed by atoms with Gasteiger partial charge in [0.15, 0.2) is 0 Å². The lowest BCUT2D eigenvalue weighted by Crippen LogP contribution is -2.46. The minimum absolute atomic E-state index is 0.0101. The molecule has 1 aliphatic rings. The number of anilines is 1. The van der Waals surface area contributed by atoms with E-state index in [0.29, 0.717) is 11.7 Å². The van der Waals surface area contributed by atoms with Gasteiger partial charge in [0.1, 0.15) is 5.15 Å². The molecule has 0 radical (unpaired) electrons. The number of nitrogens with zero attached hydrogens (tertiary/aromatic N) is 2. The lowest BCUT2D eigenvalue weighted by molar-refractivity contribution is -0.117. The van der Waals surface area contributed by atoms with Crippen LogP contribution in [0.5, 0.6) is 0 Å². The van der Waals surface area contributed by atoms with Crippen LogP contribution >= 0.6 is 11.6 Å². The van der Waals surface area contributed by atoms with Crippen LogP contribution in [-0.4, -0.2) is 48.5 Å². The summed E-state index contributed by atoms with van der Waals surface area (Å²) in [5, 5.41) is 6.56. The van der Waals surface area contributed by atoms with Crippen LogP contribution in [0.3, 0.4) is 0 Å². The van der Waals surface area contributed by atoms with Crippen molar-refractivity contribution in [2.45, 2.75) is 6.92 Å². The first-order chi connectivity index (χ1) is 8.65. The Labute approximate surface area is 112 Å². The highest BCUT2D eigenvalue weighted by molar-refractivity contribution is 6.29. The molecule has 2 N–H and O–H groups in total. The summed E-state index contributed by atoms with van der Waals surface area (Å²) in [6.45, 7) is 5.94. The number of carbonyl (C=O) groups excluding carboxylic acids is 1. The zero-order valence-electron chi connectivity index (χ0n) is 10.4. The summed E-state index contributed by atoms with van der Waals surface area (Å²) < 4.78 is 0. The van der Waals surface area contributed by atoms with Crippen LogP contribution < -0.4 is 10.6 Å². The van der Waals surface area contributed by atoms with E-state index < -0.39 is 0 Å². The highest BCUT2D eigenvalue weighted by atomic mass is 35.5. The van der Waals surface area contributed by atoms with E-state index in [2.05, 4.69) is 20.5 Å². The van der Waals surface area contributed by atoms with Crippen molar-refractivity contribution in [1.29, 1.82) is 0 Å². The quantitative estimate of drug-likeness (QED) is 0.800. The fourth-order valence-electron chi connectivity index (χ4n) is 1.92. The van der Waals surface area contributed by atoms with E-state index in [4.69, 9.17) is 11.6 Å². The van der Waals surface area contributed by atoms with Gasteiger partial charge in [0.2, 0.25) is 5.91 Å². The van der Waals surface area contributed by atoms with Gasteiger partial charge in [-0.25, -0.2) is 4.98 Å². The average molecular weight is 269 g/mol. The maximum Gasteiger partial charge on any atom is 0.238 e. The van der Waals surface area contributed by atoms with E-state index in [1.807, 2.05) is 6.92 Å². The van der Waals surface area contributed by atoms with Crippen molar-refractivity contribution in [2.24, 2.45) is 0 Å². The number of aromatic nitrogens is 1. The molecule has 0 atom stereocenters. The van der Waals surface area contributed by atoms with Crippen molar-refractivity contribution in [3.63, 3.8) is 0 Å². The normalized spacial score (nSPS) is 16.6. The third-order valence-corrected chi connectivity index (χ3v) is 3.11. The van der Waals surface area contributed by atoms with E-state index >= 15 is 0 Å². The number of aryl methyl sites for hydroxylation is 1. The molecule has 0 spiro atoms. The van der Waals surface area contributed by atoms with Gasteiger partial charge in [0.05, 0.1) is 17.9 Å². The fraction of sp³-hybridized carbons (Fsp3) is 0.500. The standard InChI is InChI=1S/C12H17ClN4O/c1-9-10(2-3-11(13)15-9)16-12(18)8-17-6-4-14-5-7-17/h2-3,14H,4-8H2,1H3,(H,16,18). The van der Waals surface area contributed by atoms with Gasteiger partial charge in [-0.3, -0.25) is 9.69 Å². The molecule has 1 aromatic heterocycles. The van der Waals surface area contributed by atoms with Gasteiger partial charge in [-0.1, -0.05) is 11.6 Å². The van der Waals surface area contributed by atoms with E-state index in [9.17, 15) is 4.79 Å². The van der Waals surface area contributed by atoms with Crippen molar-refractivity contribution in [3.05, 3.63) is 23.0 Å². The number of halogens is 1. The Hall–Kier alpha value is -1.17. The topological polar surface area (TPSA) is 57.3 Å². The molecule has 1 aliphatic heterocycles. The van der Waals surface area contributed by atoms with Crippen molar-refractivity contribution in [1.82, 2.24) is 15.2 Å². The molecule has 0 unspecified atom stereocenters. The van der Waals surface area contributed by atoms with E-state index in [-0.39, 0.29) is 5.91 Å². The van der Waals surface area contributed by atoms with Crippen LogP contribution in [0.1, 0.15) is 5.69 Å². The number of hydrogen-bond acceptors (Lipinski definition) is 4. The van der Waals surface area contributed by atoms with E-state index in [1.54, 1.807) is 12.1 Å². The zero-order chi connectivity index (χ0) is 13.0. The van der Waals surface area contributed by atoms with Crippen LogP contribution in [0.2, 0.25) is 5.15 Å². The minimum Gasteiger partial charge on any atom is -0.323 e. The first-order valence-corrected chi connectivity index (χ1v) is 6.39. The van der Waals surface area contributed by atoms with E-state index in [1.165, 1.54) is 0 Å². The van der Waals surface area contributed by atoms with Gasteiger partial charge in [-0.2, -0.15) is 0 Å². The molecule has 0 aliphatic carbocycles. The highest BCUT2D eigenvalue weighted by Crippen LogP contribution is 2.15. The third kappa shape index (κ3) is 3.66. The van der Waals surface area contributed by atoms with Gasteiger partial charge in [0, 0.05) is 26.2 Å². The fourth-order valence-corrected chi connectivity index (χ4v) is 2.11. The number of carbonyl (C=O) groups is 1. The van der Waals surface area contributed by atoms with Gasteiger partial charge in [-0.15, -0.1) is 0 Å². The number of hydrogen-bond donors (Lipinski definition) is 2. The summed E-state index contributed by atoms with van der Waals surface area (Å²) in [5.41, 5.74) is 1.45. The number of piperazine rings is 1. The second kappa shape index (κ2) is 6.13. The second-order valence-electron chi connectivity index (χ2n) is 4.34. The summed E-state index contributed by atoms with van der Waals surface area (Å²) in [4.78, 5) is 18.1. The number of pyridine rings is 1. The summed E-state index contributed by atoms with van der Waals surface area (Å²) in [6, 6.07) is 3.45. The SMILES string of the molecule is Cc1nc(Cl)ccc1NC(=O)CN1CCNCC1. The number of amides is 1. The van der Waals surface area contributed by atoms with Crippen LogP contribution in [0.25, 0.3) is 0 Å². The summed E-state index contributed by atoms with van der Waals surface area (Å²) in [6.07, 6.45) is 0. The predicted octanol–water partition coefficient (Wildman–Crippen LogP) is 0.887. The molecule has 18 heavy (non-hydrogen) atoms. The van der Waals surface area contributed by atoms with E-state index in [0.717, 1.165) is 37.6 Å². The van der Waals surface area contributed by atoms with Gasteiger partial charge >= 0.3 is 0 Å². The molecular formula is C12H17ClN4O. The third-order valence-electron chi connectivity index (χ3n) is 2.90. The van der Waals surface area contributed by atoms with Crippen molar-refractivity contribution < 1.29 is 4.79 Å². The Balaban J connectivity index is 1.90. The molecule has 2 rings (SSSR count). The van der Waals surface area contributed by atoms with Crippen LogP contribution in [0.15, 0.2) is 12.1 Å². The van der Waals surface area contributed by atoms with Crippen molar-refractivity contribution >= 4 is 23.2 Å². The van der Waals surface area contributed by atoms with Gasteiger partial charge in [-0.05, 0) is 19.1 Å². The highest BCUT2D eigenvalue weighted by Gasteiger charge is 2.14. The number of nitrogens with one attached hydrogen (secondary N) is 2. The molecule has 2 heterocycles. The molecule has 0 aromatic carbocycles. The Morgan fingerprint density at radius 3 is 2.89 bits per heavy atom. The maximum absolute atomic E-state index is 11.9. The molecule has 1 aromatic rings. The minimum atomic E-state index is -0.0101. The second-order valence-corrected chi connectivity index (χ2v) is 4.73. The molecule has 98 valence electrons. The monoisotopic (exact) mass is 268 g/mol. The molecule has 6 heteroatoms. The Morgan fingerprint density at radius 2 is 2.22 bits per heavy atom. The summed E-state index contributed by atoms with van der Waals surface area (Å²) >= 11 is 5.77. The van der Waals surface area contributed by atoms with Crippen LogP contribution in [-0.2, 0) is 4.79 Å². The Morgan fingerprint density at radius 1 is 1.50 bits per heavy atom. The summed E-state index contributed by atoms with van der Waals surface area (Å²) in [5.74, 6) is -0.0101. The molecule has 0 bridgehead atoms. The van der Waals surface area contributed by atoms with Crippen LogP contribution in [0.4, 0.5) is 5.69 Å². The lowest BCUT2D eigenvalue weighted by Gasteiger charge is -2.26. The maximum atomic E-state index is 11.9. The van der Waals surface area contributed by atoms with Crippen molar-refractivity contribution in [3.8, 4) is 0 Å². The number of rotatable bonds is 3. The lowest BCUT2D eigenvalue weighted by atomic mass is 10.3. The Bertz CT molecular complexity index is 432. The first-order valence-electron chi connectivity index (χ1n) is 6.01. The van der Waals surface area contributed by atoms with Crippen LogP contribution in [0, 0.1) is 6.92 Å². The predicted molar refractivity (Wildman–Crippen MR) is 71.9 cm³/mol. The summed E-state index contributed by atoms with van der Waals surface area (Å²) in [7, 11) is 0. The molecule has 1 fully saturated rings. The molecule has 0 saturated carbocycles.